The van der Waals surface area contributed by atoms with E-state index in [1.807, 2.05) is 12.1 Å². The maximum absolute atomic E-state index is 11.2. The molecule has 3 nitrogen and oxygen atoms in total. The monoisotopic (exact) mass is 170 g/mol. The third kappa shape index (κ3) is 3.19. The van der Waals surface area contributed by atoms with E-state index in [1.165, 1.54) is 0 Å². The largest absolute Gasteiger partial charge is 0.321 e. The van der Waals surface area contributed by atoms with Crippen LogP contribution in [0.1, 0.15) is 0 Å². The molecule has 0 bridgehead atoms. The summed E-state index contributed by atoms with van der Waals surface area (Å²) in [7, 11) is -2.20. The second-order valence-corrected chi connectivity index (χ2v) is 5.60. The summed E-state index contributed by atoms with van der Waals surface area (Å²) in [6.07, 6.45) is 1.66. The van der Waals surface area contributed by atoms with Crippen LogP contribution in [-0.4, -0.2) is 18.3 Å². The average Bonchev–Trinajstić information content (AvgIpc) is 1.85. The molecule has 0 spiro atoms. The first-order chi connectivity index (χ1) is 5.08. The molecule has 1 aromatic heterocycles. The minimum atomic E-state index is -2.20. The van der Waals surface area contributed by atoms with Crippen LogP contribution in [0.15, 0.2) is 24.4 Å². The van der Waals surface area contributed by atoms with Crippen molar-refractivity contribution < 1.29 is 4.57 Å². The van der Waals surface area contributed by atoms with E-state index in [4.69, 9.17) is 0 Å². The maximum atomic E-state index is 11.2. The smallest absolute Gasteiger partial charge is 0.165 e. The van der Waals surface area contributed by atoms with Crippen LogP contribution in [0.5, 0.6) is 0 Å². The van der Waals surface area contributed by atoms with Gasteiger partial charge in [-0.1, -0.05) is 6.07 Å². The highest BCUT2D eigenvalue weighted by Gasteiger charge is 2.05. The van der Waals surface area contributed by atoms with Crippen LogP contribution >= 0.6 is 7.29 Å². The fraction of sp³-hybridized carbons (Fsp3) is 0.286. The van der Waals surface area contributed by atoms with Crippen LogP contribution in [0.4, 0.5) is 5.82 Å². The van der Waals surface area contributed by atoms with Crippen LogP contribution in [0.3, 0.4) is 0 Å². The maximum Gasteiger partial charge on any atom is 0.165 e. The number of nitrogens with one attached hydrogen (secondary N) is 1. The van der Waals surface area contributed by atoms with Gasteiger partial charge in [-0.05, 0) is 12.1 Å². The lowest BCUT2D eigenvalue weighted by Gasteiger charge is -2.08. The fourth-order valence-electron chi connectivity index (χ4n) is 0.705. The number of hydrogen-bond donors (Lipinski definition) is 1. The van der Waals surface area contributed by atoms with Crippen molar-refractivity contribution in [2.75, 3.05) is 18.4 Å². The zero-order valence-electron chi connectivity index (χ0n) is 6.61. The molecule has 60 valence electrons. The molecule has 0 radical (unpaired) electrons. The van der Waals surface area contributed by atoms with Gasteiger partial charge in [0.15, 0.2) is 7.29 Å². The Morgan fingerprint density at radius 3 is 2.64 bits per heavy atom. The minimum Gasteiger partial charge on any atom is -0.321 e. The van der Waals surface area contributed by atoms with E-state index >= 15 is 0 Å². The Morgan fingerprint density at radius 2 is 2.18 bits per heavy atom. The zero-order chi connectivity index (χ0) is 8.32. The van der Waals surface area contributed by atoms with Crippen molar-refractivity contribution >= 4 is 13.1 Å². The summed E-state index contributed by atoms with van der Waals surface area (Å²) in [5.41, 5.74) is 0. The van der Waals surface area contributed by atoms with Gasteiger partial charge in [0.25, 0.3) is 0 Å². The van der Waals surface area contributed by atoms with Crippen LogP contribution in [0.25, 0.3) is 0 Å². The van der Waals surface area contributed by atoms with Gasteiger partial charge in [-0.2, -0.15) is 0 Å². The molecule has 4 heteroatoms. The van der Waals surface area contributed by atoms with Gasteiger partial charge in [0.2, 0.25) is 0 Å². The number of pyridine rings is 1. The molecule has 0 unspecified atom stereocenters. The van der Waals surface area contributed by atoms with E-state index in [9.17, 15) is 4.57 Å². The Labute approximate surface area is 66.3 Å². The van der Waals surface area contributed by atoms with Gasteiger partial charge in [-0.25, -0.2) is 4.98 Å². The molecule has 0 aliphatic heterocycles. The minimum absolute atomic E-state index is 0.667. The quantitative estimate of drug-likeness (QED) is 0.690. The first kappa shape index (κ1) is 8.28. The molecular formula is C7H11N2OP. The Balaban J connectivity index is 2.74. The first-order valence-electron chi connectivity index (χ1n) is 3.32. The van der Waals surface area contributed by atoms with E-state index in [0.717, 1.165) is 0 Å². The highest BCUT2D eigenvalue weighted by molar-refractivity contribution is 7.63. The van der Waals surface area contributed by atoms with Crippen molar-refractivity contribution in [3.05, 3.63) is 24.4 Å². The molecule has 0 atom stereocenters. The fourth-order valence-corrected chi connectivity index (χ4v) is 1.39. The Hall–Kier alpha value is -0.820. The lowest BCUT2D eigenvalue weighted by atomic mass is 10.5. The summed E-state index contributed by atoms with van der Waals surface area (Å²) >= 11 is 0. The summed E-state index contributed by atoms with van der Waals surface area (Å²) in [6, 6.07) is 5.46. The summed E-state index contributed by atoms with van der Waals surface area (Å²) in [5, 5.41) is 2.83. The number of hydrogen-bond acceptors (Lipinski definition) is 2. The van der Waals surface area contributed by atoms with Gasteiger partial charge in [-0.3, -0.25) is 0 Å². The summed E-state index contributed by atoms with van der Waals surface area (Å²) in [4.78, 5) is 3.98. The number of rotatable bonds is 2. The topological polar surface area (TPSA) is 42.0 Å². The molecule has 0 amide bonds. The van der Waals surface area contributed by atoms with Crippen LogP contribution in [0, 0.1) is 0 Å². The molecule has 1 N–H and O–H groups in total. The van der Waals surface area contributed by atoms with Gasteiger partial charge >= 0.3 is 0 Å². The van der Waals surface area contributed by atoms with Gasteiger partial charge < -0.3 is 9.65 Å². The van der Waals surface area contributed by atoms with Crippen LogP contribution in [-0.2, 0) is 4.57 Å². The van der Waals surface area contributed by atoms with E-state index in [-0.39, 0.29) is 0 Å². The van der Waals surface area contributed by atoms with Gasteiger partial charge in [-0.15, -0.1) is 0 Å². The molecule has 0 aliphatic carbocycles. The Kier molecular flexibility index (Phi) is 2.30. The van der Waals surface area contributed by atoms with Crippen LogP contribution < -0.4 is 5.09 Å². The second-order valence-electron chi connectivity index (χ2n) is 2.68. The summed E-state index contributed by atoms with van der Waals surface area (Å²) < 4.78 is 11.2. The average molecular weight is 170 g/mol. The predicted molar refractivity (Wildman–Crippen MR) is 47.3 cm³/mol. The zero-order valence-corrected chi connectivity index (χ0v) is 7.51. The molecule has 0 saturated carbocycles. The third-order valence-electron chi connectivity index (χ3n) is 1.05. The molecule has 1 aromatic rings. The van der Waals surface area contributed by atoms with E-state index in [1.54, 1.807) is 25.6 Å². The number of anilines is 1. The summed E-state index contributed by atoms with van der Waals surface area (Å²) in [6.45, 7) is 3.34. The molecule has 0 saturated heterocycles. The SMILES string of the molecule is CP(C)(=O)Nc1ccccn1. The van der Waals surface area contributed by atoms with Gasteiger partial charge in [0.1, 0.15) is 5.82 Å². The van der Waals surface area contributed by atoms with Crippen molar-refractivity contribution in [2.24, 2.45) is 0 Å². The second kappa shape index (κ2) is 3.05. The van der Waals surface area contributed by atoms with Gasteiger partial charge in [0, 0.05) is 19.5 Å². The first-order valence-corrected chi connectivity index (χ1v) is 5.92. The lowest BCUT2D eigenvalue weighted by Crippen LogP contribution is -1.94. The number of nitrogens with zero attached hydrogens (tertiary/aromatic N) is 1. The van der Waals surface area contributed by atoms with Crippen molar-refractivity contribution in [3.8, 4) is 0 Å². The van der Waals surface area contributed by atoms with Crippen molar-refractivity contribution in [1.29, 1.82) is 0 Å². The van der Waals surface area contributed by atoms with E-state index in [2.05, 4.69) is 10.1 Å². The molecule has 1 heterocycles. The molecule has 0 fully saturated rings. The standard InChI is InChI=1S/C7H11N2OP/c1-11(2,10)9-7-5-3-4-6-8-7/h3-6H,1-2H3,(H,8,9,10). The highest BCUT2D eigenvalue weighted by atomic mass is 31.2. The molecule has 0 aliphatic rings. The summed E-state index contributed by atoms with van der Waals surface area (Å²) in [5.74, 6) is 0.667. The van der Waals surface area contributed by atoms with Crippen molar-refractivity contribution in [2.45, 2.75) is 0 Å². The van der Waals surface area contributed by atoms with E-state index in [0.29, 0.717) is 5.82 Å². The molecule has 1 rings (SSSR count). The van der Waals surface area contributed by atoms with E-state index < -0.39 is 7.29 Å². The molecule has 11 heavy (non-hydrogen) atoms. The Morgan fingerprint density at radius 1 is 1.45 bits per heavy atom. The molecular weight excluding hydrogens is 159 g/mol. The Bertz CT molecular complexity index is 267. The molecule has 0 aromatic carbocycles. The van der Waals surface area contributed by atoms with Crippen molar-refractivity contribution in [1.82, 2.24) is 4.98 Å². The highest BCUT2D eigenvalue weighted by Crippen LogP contribution is 2.35. The van der Waals surface area contributed by atoms with Crippen molar-refractivity contribution in [3.63, 3.8) is 0 Å². The van der Waals surface area contributed by atoms with Crippen LogP contribution in [0.2, 0.25) is 0 Å². The predicted octanol–water partition coefficient (Wildman–Crippen LogP) is 2.03. The third-order valence-corrected chi connectivity index (χ3v) is 1.82. The lowest BCUT2D eigenvalue weighted by molar-refractivity contribution is 0.585. The normalized spacial score (nSPS) is 11.1. The number of aromatic nitrogens is 1. The van der Waals surface area contributed by atoms with Gasteiger partial charge in [0.05, 0.1) is 0 Å².